The predicted molar refractivity (Wildman–Crippen MR) is 109 cm³/mol. The lowest BCUT2D eigenvalue weighted by Gasteiger charge is -2.17. The van der Waals surface area contributed by atoms with Crippen LogP contribution in [0.1, 0.15) is 5.56 Å². The van der Waals surface area contributed by atoms with Gasteiger partial charge in [0.15, 0.2) is 0 Å². The summed E-state index contributed by atoms with van der Waals surface area (Å²) in [4.78, 5) is 26.0. The topological polar surface area (TPSA) is 91.3 Å². The maximum absolute atomic E-state index is 12.4. The van der Waals surface area contributed by atoms with Crippen LogP contribution in [0.4, 0.5) is 26.7 Å². The Morgan fingerprint density at radius 2 is 1.61 bits per heavy atom. The number of carbonyl (C=O) groups is 2. The lowest BCUT2D eigenvalue weighted by molar-refractivity contribution is 0.220. The first kappa shape index (κ1) is 19.0. The van der Waals surface area contributed by atoms with Crippen molar-refractivity contribution in [3.63, 3.8) is 0 Å². The van der Waals surface area contributed by atoms with Crippen LogP contribution in [0.5, 0.6) is 0 Å². The first-order valence-corrected chi connectivity index (χ1v) is 8.72. The number of rotatable bonds is 5. The van der Waals surface area contributed by atoms with Crippen LogP contribution >= 0.6 is 0 Å². The molecule has 3 rings (SSSR count). The third-order valence-corrected chi connectivity index (χ3v) is 3.93. The fourth-order valence-electron chi connectivity index (χ4n) is 2.61. The Morgan fingerprint density at radius 3 is 2.29 bits per heavy atom. The summed E-state index contributed by atoms with van der Waals surface area (Å²) in [6.45, 7) is 0.442. The zero-order chi connectivity index (χ0) is 19.9. The summed E-state index contributed by atoms with van der Waals surface area (Å²) in [5.74, 6) is 0. The van der Waals surface area contributed by atoms with E-state index in [2.05, 4.69) is 21.0 Å². The molecule has 2 aromatic carbocycles. The average molecular weight is 378 g/mol. The minimum Gasteiger partial charge on any atom is -0.323 e. The molecule has 28 heavy (non-hydrogen) atoms. The second-order valence-corrected chi connectivity index (χ2v) is 6.33. The molecular weight excluding hydrogens is 356 g/mol. The number of carbonyl (C=O) groups excluding carboxylic acids is 2. The van der Waals surface area contributed by atoms with Crippen LogP contribution in [0.25, 0.3) is 0 Å². The lowest BCUT2D eigenvalue weighted by atomic mass is 10.2. The highest BCUT2D eigenvalue weighted by molar-refractivity contribution is 6.00. The van der Waals surface area contributed by atoms with Gasteiger partial charge in [0.1, 0.15) is 0 Å². The Balaban J connectivity index is 1.56. The van der Waals surface area contributed by atoms with Crippen molar-refractivity contribution < 1.29 is 9.59 Å². The summed E-state index contributed by atoms with van der Waals surface area (Å²) < 4.78 is 1.69. The molecule has 144 valence electrons. The van der Waals surface area contributed by atoms with Gasteiger partial charge in [0, 0.05) is 42.9 Å². The quantitative estimate of drug-likeness (QED) is 0.632. The standard InChI is InChI=1S/C20H22N6O2/c1-25(13-15-12-21-26(2)14-15)20(28)24-18-10-6-9-17(11-18)23-19(27)22-16-7-4-3-5-8-16/h3-12,14H,13H2,1-2H3,(H,24,28)(H2,22,23,27). The van der Waals surface area contributed by atoms with Crippen LogP contribution in [0.3, 0.4) is 0 Å². The summed E-state index contributed by atoms with van der Waals surface area (Å²) in [5, 5.41) is 12.4. The molecule has 0 saturated carbocycles. The van der Waals surface area contributed by atoms with Gasteiger partial charge in [0.2, 0.25) is 0 Å². The maximum Gasteiger partial charge on any atom is 0.323 e. The molecular formula is C20H22N6O2. The van der Waals surface area contributed by atoms with E-state index >= 15 is 0 Å². The maximum atomic E-state index is 12.4. The molecule has 0 saturated heterocycles. The van der Waals surface area contributed by atoms with Gasteiger partial charge in [0.25, 0.3) is 0 Å². The molecule has 8 heteroatoms. The molecule has 4 amide bonds. The number of nitrogens with one attached hydrogen (secondary N) is 3. The summed E-state index contributed by atoms with van der Waals surface area (Å²) in [7, 11) is 3.54. The van der Waals surface area contributed by atoms with E-state index in [0.29, 0.717) is 23.6 Å². The second-order valence-electron chi connectivity index (χ2n) is 6.33. The highest BCUT2D eigenvalue weighted by Gasteiger charge is 2.11. The van der Waals surface area contributed by atoms with Crippen molar-refractivity contribution in [1.82, 2.24) is 14.7 Å². The summed E-state index contributed by atoms with van der Waals surface area (Å²) >= 11 is 0. The highest BCUT2D eigenvalue weighted by Crippen LogP contribution is 2.16. The van der Waals surface area contributed by atoms with Gasteiger partial charge in [-0.25, -0.2) is 9.59 Å². The minimum atomic E-state index is -0.358. The zero-order valence-electron chi connectivity index (χ0n) is 15.7. The van der Waals surface area contributed by atoms with Crippen molar-refractivity contribution in [3.8, 4) is 0 Å². The van der Waals surface area contributed by atoms with E-state index in [1.54, 1.807) is 59.2 Å². The highest BCUT2D eigenvalue weighted by atomic mass is 16.2. The molecule has 1 aromatic heterocycles. The number of aromatic nitrogens is 2. The smallest absolute Gasteiger partial charge is 0.323 e. The summed E-state index contributed by atoms with van der Waals surface area (Å²) in [5.41, 5.74) is 2.79. The first-order valence-electron chi connectivity index (χ1n) is 8.72. The van der Waals surface area contributed by atoms with E-state index in [0.717, 1.165) is 5.56 Å². The van der Waals surface area contributed by atoms with Crippen molar-refractivity contribution in [1.29, 1.82) is 0 Å². The fraction of sp³-hybridized carbons (Fsp3) is 0.150. The van der Waals surface area contributed by atoms with Gasteiger partial charge in [-0.05, 0) is 30.3 Å². The van der Waals surface area contributed by atoms with Crippen molar-refractivity contribution >= 4 is 29.1 Å². The average Bonchev–Trinajstić information content (AvgIpc) is 3.07. The molecule has 0 radical (unpaired) electrons. The Labute approximate surface area is 163 Å². The lowest BCUT2D eigenvalue weighted by Crippen LogP contribution is -2.30. The molecule has 0 bridgehead atoms. The van der Waals surface area contributed by atoms with E-state index in [9.17, 15) is 9.59 Å². The SMILES string of the molecule is CN(Cc1cnn(C)c1)C(=O)Nc1cccc(NC(=O)Nc2ccccc2)c1. The Bertz CT molecular complexity index is 954. The van der Waals surface area contributed by atoms with Gasteiger partial charge in [-0.1, -0.05) is 24.3 Å². The number of hydrogen-bond donors (Lipinski definition) is 3. The number of hydrogen-bond acceptors (Lipinski definition) is 3. The van der Waals surface area contributed by atoms with Crippen molar-refractivity contribution in [2.24, 2.45) is 7.05 Å². The van der Waals surface area contributed by atoms with E-state index in [1.807, 2.05) is 31.4 Å². The van der Waals surface area contributed by atoms with Gasteiger partial charge in [-0.3, -0.25) is 4.68 Å². The van der Waals surface area contributed by atoms with Crippen LogP contribution in [0.2, 0.25) is 0 Å². The molecule has 0 spiro atoms. The van der Waals surface area contributed by atoms with E-state index in [1.165, 1.54) is 0 Å². The van der Waals surface area contributed by atoms with Gasteiger partial charge in [-0.15, -0.1) is 0 Å². The Morgan fingerprint density at radius 1 is 0.964 bits per heavy atom. The number of aryl methyl sites for hydroxylation is 1. The minimum absolute atomic E-state index is 0.255. The number of urea groups is 2. The number of amides is 4. The molecule has 0 atom stereocenters. The van der Waals surface area contributed by atoms with Crippen LogP contribution in [-0.4, -0.2) is 33.8 Å². The van der Waals surface area contributed by atoms with Crippen LogP contribution in [0, 0.1) is 0 Å². The zero-order valence-corrected chi connectivity index (χ0v) is 15.7. The Kier molecular flexibility index (Phi) is 5.91. The third kappa shape index (κ3) is 5.34. The predicted octanol–water partition coefficient (Wildman–Crippen LogP) is 3.73. The van der Waals surface area contributed by atoms with E-state index < -0.39 is 0 Å². The van der Waals surface area contributed by atoms with Crippen LogP contribution in [-0.2, 0) is 13.6 Å². The molecule has 1 heterocycles. The van der Waals surface area contributed by atoms with Gasteiger partial charge >= 0.3 is 12.1 Å². The number of para-hydroxylation sites is 1. The third-order valence-electron chi connectivity index (χ3n) is 3.93. The number of benzene rings is 2. The largest absolute Gasteiger partial charge is 0.323 e. The number of anilines is 3. The fourth-order valence-corrected chi connectivity index (χ4v) is 2.61. The molecule has 0 fully saturated rings. The van der Waals surface area contributed by atoms with Gasteiger partial charge in [-0.2, -0.15) is 5.10 Å². The molecule has 8 nitrogen and oxygen atoms in total. The summed E-state index contributed by atoms with van der Waals surface area (Å²) in [6, 6.07) is 15.5. The Hall–Kier alpha value is -3.81. The molecule has 0 aliphatic rings. The summed E-state index contributed by atoms with van der Waals surface area (Å²) in [6.07, 6.45) is 3.58. The van der Waals surface area contributed by atoms with Gasteiger partial charge < -0.3 is 20.9 Å². The normalized spacial score (nSPS) is 10.2. The molecule has 0 unspecified atom stereocenters. The monoisotopic (exact) mass is 378 g/mol. The van der Waals surface area contributed by atoms with Gasteiger partial charge in [0.05, 0.1) is 12.7 Å². The van der Waals surface area contributed by atoms with Crippen molar-refractivity contribution in [3.05, 3.63) is 72.6 Å². The van der Waals surface area contributed by atoms with E-state index in [4.69, 9.17) is 0 Å². The first-order chi connectivity index (χ1) is 13.5. The van der Waals surface area contributed by atoms with Crippen molar-refractivity contribution in [2.75, 3.05) is 23.0 Å². The van der Waals surface area contributed by atoms with E-state index in [-0.39, 0.29) is 12.1 Å². The second kappa shape index (κ2) is 8.72. The molecule has 0 aliphatic heterocycles. The van der Waals surface area contributed by atoms with Crippen molar-refractivity contribution in [2.45, 2.75) is 6.54 Å². The molecule has 0 aliphatic carbocycles. The molecule has 3 N–H and O–H groups in total. The van der Waals surface area contributed by atoms with Crippen LogP contribution in [0.15, 0.2) is 67.0 Å². The number of nitrogens with zero attached hydrogens (tertiary/aromatic N) is 3. The molecule has 3 aromatic rings. The van der Waals surface area contributed by atoms with Crippen LogP contribution < -0.4 is 16.0 Å².